The summed E-state index contributed by atoms with van der Waals surface area (Å²) in [6.07, 6.45) is 1.73. The van der Waals surface area contributed by atoms with Crippen molar-refractivity contribution < 1.29 is 14.3 Å². The molecule has 1 aromatic heterocycles. The summed E-state index contributed by atoms with van der Waals surface area (Å²) in [6.45, 7) is 3.90. The molecule has 0 aliphatic rings. The van der Waals surface area contributed by atoms with Crippen LogP contribution in [0.4, 0.5) is 5.69 Å². The van der Waals surface area contributed by atoms with Crippen LogP contribution in [0.25, 0.3) is 10.9 Å². The SMILES string of the molecule is COc1ccc2[nH]cc(C(=O)Nc3ccccc3OC(C)C)c2c1. The van der Waals surface area contributed by atoms with Crippen molar-refractivity contribution in [3.63, 3.8) is 0 Å². The van der Waals surface area contributed by atoms with Crippen molar-refractivity contribution in [2.24, 2.45) is 0 Å². The number of amides is 1. The molecule has 0 saturated carbocycles. The Labute approximate surface area is 140 Å². The molecule has 0 atom stereocenters. The van der Waals surface area contributed by atoms with Crippen molar-refractivity contribution in [2.75, 3.05) is 12.4 Å². The van der Waals surface area contributed by atoms with E-state index in [0.717, 1.165) is 10.9 Å². The number of aromatic amines is 1. The van der Waals surface area contributed by atoms with E-state index in [9.17, 15) is 4.79 Å². The maximum Gasteiger partial charge on any atom is 0.257 e. The van der Waals surface area contributed by atoms with Gasteiger partial charge in [-0.2, -0.15) is 0 Å². The molecule has 0 unspecified atom stereocenters. The second kappa shape index (κ2) is 6.66. The standard InChI is InChI=1S/C19H20N2O3/c1-12(2)24-18-7-5-4-6-17(18)21-19(22)15-11-20-16-9-8-13(23-3)10-14(15)16/h4-12,20H,1-3H3,(H,21,22). The molecule has 1 amide bonds. The predicted octanol–water partition coefficient (Wildman–Crippen LogP) is 4.22. The second-order valence-electron chi connectivity index (χ2n) is 5.73. The normalized spacial score (nSPS) is 10.8. The van der Waals surface area contributed by atoms with Crippen molar-refractivity contribution in [1.82, 2.24) is 4.98 Å². The van der Waals surface area contributed by atoms with Crippen LogP contribution in [0.15, 0.2) is 48.7 Å². The van der Waals surface area contributed by atoms with Crippen molar-refractivity contribution in [1.29, 1.82) is 0 Å². The molecular formula is C19H20N2O3. The van der Waals surface area contributed by atoms with Crippen LogP contribution in [-0.2, 0) is 0 Å². The number of fused-ring (bicyclic) bond motifs is 1. The highest BCUT2D eigenvalue weighted by Crippen LogP contribution is 2.28. The lowest BCUT2D eigenvalue weighted by Crippen LogP contribution is -2.14. The van der Waals surface area contributed by atoms with Crippen LogP contribution in [0.5, 0.6) is 11.5 Å². The third-order valence-corrected chi connectivity index (χ3v) is 3.63. The number of para-hydroxylation sites is 2. The lowest BCUT2D eigenvalue weighted by Gasteiger charge is -2.14. The summed E-state index contributed by atoms with van der Waals surface area (Å²) >= 11 is 0. The van der Waals surface area contributed by atoms with Gasteiger partial charge in [0.15, 0.2) is 0 Å². The first-order valence-corrected chi connectivity index (χ1v) is 7.80. The maximum absolute atomic E-state index is 12.7. The zero-order chi connectivity index (χ0) is 17.1. The van der Waals surface area contributed by atoms with Gasteiger partial charge in [-0.3, -0.25) is 4.79 Å². The highest BCUT2D eigenvalue weighted by atomic mass is 16.5. The Bertz CT molecular complexity index is 868. The molecule has 0 radical (unpaired) electrons. The zero-order valence-electron chi connectivity index (χ0n) is 13.9. The van der Waals surface area contributed by atoms with E-state index in [1.165, 1.54) is 0 Å². The van der Waals surface area contributed by atoms with E-state index < -0.39 is 0 Å². The fourth-order valence-corrected chi connectivity index (χ4v) is 2.53. The maximum atomic E-state index is 12.7. The summed E-state index contributed by atoms with van der Waals surface area (Å²) in [5, 5.41) is 3.74. The lowest BCUT2D eigenvalue weighted by molar-refractivity contribution is 0.102. The van der Waals surface area contributed by atoms with Gasteiger partial charge in [-0.1, -0.05) is 12.1 Å². The van der Waals surface area contributed by atoms with Crippen LogP contribution in [0.2, 0.25) is 0 Å². The topological polar surface area (TPSA) is 63.4 Å². The fraction of sp³-hybridized carbons (Fsp3) is 0.211. The highest BCUT2D eigenvalue weighted by molar-refractivity contribution is 6.13. The van der Waals surface area contributed by atoms with Gasteiger partial charge in [0.2, 0.25) is 0 Å². The van der Waals surface area contributed by atoms with Crippen molar-refractivity contribution in [3.05, 3.63) is 54.2 Å². The van der Waals surface area contributed by atoms with Crippen molar-refractivity contribution in [2.45, 2.75) is 20.0 Å². The number of benzene rings is 2. The summed E-state index contributed by atoms with van der Waals surface area (Å²) in [7, 11) is 1.60. The molecule has 0 spiro atoms. The van der Waals surface area contributed by atoms with Crippen LogP contribution in [-0.4, -0.2) is 24.1 Å². The van der Waals surface area contributed by atoms with E-state index in [1.54, 1.807) is 13.3 Å². The zero-order valence-corrected chi connectivity index (χ0v) is 13.9. The van der Waals surface area contributed by atoms with E-state index >= 15 is 0 Å². The summed E-state index contributed by atoms with van der Waals surface area (Å²) in [4.78, 5) is 15.8. The molecule has 0 bridgehead atoms. The predicted molar refractivity (Wildman–Crippen MR) is 95.0 cm³/mol. The Balaban J connectivity index is 1.91. The van der Waals surface area contributed by atoms with E-state index in [0.29, 0.717) is 22.7 Å². The Morgan fingerprint density at radius 2 is 1.96 bits per heavy atom. The van der Waals surface area contributed by atoms with Gasteiger partial charge >= 0.3 is 0 Å². The molecule has 3 aromatic rings. The molecule has 0 aliphatic heterocycles. The number of nitrogens with one attached hydrogen (secondary N) is 2. The molecule has 0 fully saturated rings. The Kier molecular flexibility index (Phi) is 4.42. The second-order valence-corrected chi connectivity index (χ2v) is 5.73. The third-order valence-electron chi connectivity index (χ3n) is 3.63. The fourth-order valence-electron chi connectivity index (χ4n) is 2.53. The average Bonchev–Trinajstić information content (AvgIpc) is 2.99. The van der Waals surface area contributed by atoms with Crippen molar-refractivity contribution >= 4 is 22.5 Å². The number of hydrogen-bond donors (Lipinski definition) is 2. The lowest BCUT2D eigenvalue weighted by atomic mass is 10.1. The first kappa shape index (κ1) is 15.9. The highest BCUT2D eigenvalue weighted by Gasteiger charge is 2.15. The summed E-state index contributed by atoms with van der Waals surface area (Å²) in [6, 6.07) is 13.0. The van der Waals surface area contributed by atoms with E-state index in [4.69, 9.17) is 9.47 Å². The quantitative estimate of drug-likeness (QED) is 0.739. The third kappa shape index (κ3) is 3.20. The first-order valence-electron chi connectivity index (χ1n) is 7.80. The van der Waals surface area contributed by atoms with Gasteiger partial charge in [0, 0.05) is 17.1 Å². The van der Waals surface area contributed by atoms with Crippen LogP contribution < -0.4 is 14.8 Å². The van der Waals surface area contributed by atoms with Gasteiger partial charge < -0.3 is 19.8 Å². The molecule has 1 heterocycles. The van der Waals surface area contributed by atoms with Gasteiger partial charge in [-0.25, -0.2) is 0 Å². The number of carbonyl (C=O) groups is 1. The van der Waals surface area contributed by atoms with Crippen molar-refractivity contribution in [3.8, 4) is 11.5 Å². The molecule has 5 nitrogen and oxygen atoms in total. The largest absolute Gasteiger partial charge is 0.497 e. The molecule has 2 N–H and O–H groups in total. The van der Waals surface area contributed by atoms with Gasteiger partial charge in [0.25, 0.3) is 5.91 Å². The molecule has 24 heavy (non-hydrogen) atoms. The monoisotopic (exact) mass is 324 g/mol. The van der Waals surface area contributed by atoms with E-state index in [2.05, 4.69) is 10.3 Å². The smallest absolute Gasteiger partial charge is 0.257 e. The number of anilines is 1. The van der Waals surface area contributed by atoms with Gasteiger partial charge in [0.05, 0.1) is 24.5 Å². The molecule has 3 rings (SSSR count). The number of hydrogen-bond acceptors (Lipinski definition) is 3. The van der Waals surface area contributed by atoms with E-state index in [-0.39, 0.29) is 12.0 Å². The molecule has 2 aromatic carbocycles. The summed E-state index contributed by atoms with van der Waals surface area (Å²) in [5.41, 5.74) is 2.09. The van der Waals surface area contributed by atoms with E-state index in [1.807, 2.05) is 56.3 Å². The Morgan fingerprint density at radius 3 is 2.71 bits per heavy atom. The Hall–Kier alpha value is -2.95. The molecule has 5 heteroatoms. The summed E-state index contributed by atoms with van der Waals surface area (Å²) in [5.74, 6) is 1.16. The molecular weight excluding hydrogens is 304 g/mol. The van der Waals surface area contributed by atoms with Crippen LogP contribution in [0.3, 0.4) is 0 Å². The molecule has 0 aliphatic carbocycles. The number of rotatable bonds is 5. The van der Waals surface area contributed by atoms with Crippen LogP contribution in [0.1, 0.15) is 24.2 Å². The number of H-pyrrole nitrogens is 1. The van der Waals surface area contributed by atoms with Gasteiger partial charge in [-0.15, -0.1) is 0 Å². The summed E-state index contributed by atoms with van der Waals surface area (Å²) < 4.78 is 11.0. The van der Waals surface area contributed by atoms with Crippen LogP contribution >= 0.6 is 0 Å². The number of carbonyl (C=O) groups excluding carboxylic acids is 1. The van der Waals surface area contributed by atoms with Gasteiger partial charge in [0.1, 0.15) is 11.5 Å². The molecule has 124 valence electrons. The number of ether oxygens (including phenoxy) is 2. The minimum absolute atomic E-state index is 0.0281. The Morgan fingerprint density at radius 1 is 1.17 bits per heavy atom. The molecule has 0 saturated heterocycles. The first-order chi connectivity index (χ1) is 11.6. The minimum atomic E-state index is -0.200. The average molecular weight is 324 g/mol. The number of aromatic nitrogens is 1. The van der Waals surface area contributed by atoms with Gasteiger partial charge in [-0.05, 0) is 44.2 Å². The van der Waals surface area contributed by atoms with Crippen LogP contribution in [0, 0.1) is 0 Å². The number of methoxy groups -OCH3 is 1. The minimum Gasteiger partial charge on any atom is -0.497 e.